The highest BCUT2D eigenvalue weighted by molar-refractivity contribution is 6.33. The van der Waals surface area contributed by atoms with Crippen LogP contribution in [-0.4, -0.2) is 69.7 Å². The third kappa shape index (κ3) is 4.45. The molecule has 3 atom stereocenters. The number of nitrogens with zero attached hydrogens (tertiary/aromatic N) is 2. The minimum absolute atomic E-state index is 0.0320. The van der Waals surface area contributed by atoms with Crippen LogP contribution in [0.2, 0.25) is 5.02 Å². The zero-order valence-corrected chi connectivity index (χ0v) is 15.5. The second-order valence-electron chi connectivity index (χ2n) is 6.40. The molecule has 0 aliphatic carbocycles. The van der Waals surface area contributed by atoms with E-state index in [1.165, 1.54) is 18.5 Å². The number of benzene rings is 1. The molecule has 3 rings (SSSR count). The third-order valence-corrected chi connectivity index (χ3v) is 4.76. The molecule has 0 bridgehead atoms. The van der Waals surface area contributed by atoms with Gasteiger partial charge in [-0.05, 0) is 18.2 Å². The first kappa shape index (κ1) is 20.2. The van der Waals surface area contributed by atoms with Crippen LogP contribution in [0.3, 0.4) is 0 Å². The standard InChI is InChI=1S/C18H19ClN4O5/c19-13-4-2-1-3-12(13)17(26)20-8-14-15(24)18(27,10-28-14)9-21-16(25)11-5-6-22-23-7-11/h1-7,14-15,24,27H,8-10H2,(H,20,26)(H,21,25)/t14-,15-,18+/m1/s1. The Morgan fingerprint density at radius 3 is 2.71 bits per heavy atom. The fourth-order valence-electron chi connectivity index (χ4n) is 2.79. The fraction of sp³-hybridized carbons (Fsp3) is 0.333. The van der Waals surface area contributed by atoms with Gasteiger partial charge in [-0.3, -0.25) is 9.59 Å². The molecule has 1 fully saturated rings. The molecule has 2 heterocycles. The SMILES string of the molecule is O=C(NC[C@]1(O)CO[C@H](CNC(=O)c2ccccc2Cl)[C@H]1O)c1ccnnc1. The Labute approximate surface area is 165 Å². The molecule has 1 aromatic heterocycles. The molecule has 2 aromatic rings. The number of aliphatic hydroxyl groups excluding tert-OH is 1. The maximum atomic E-state index is 12.2. The molecule has 1 aliphatic rings. The summed E-state index contributed by atoms with van der Waals surface area (Å²) in [5.41, 5.74) is -1.11. The number of aliphatic hydroxyl groups is 2. The van der Waals surface area contributed by atoms with Gasteiger partial charge in [-0.15, -0.1) is 0 Å². The Balaban J connectivity index is 1.53. The third-order valence-electron chi connectivity index (χ3n) is 4.43. The average molecular weight is 407 g/mol. The summed E-state index contributed by atoms with van der Waals surface area (Å²) >= 11 is 5.98. The highest BCUT2D eigenvalue weighted by atomic mass is 35.5. The number of rotatable bonds is 6. The Morgan fingerprint density at radius 2 is 2.00 bits per heavy atom. The summed E-state index contributed by atoms with van der Waals surface area (Å²) in [6.07, 6.45) is 0.508. The molecule has 0 spiro atoms. The monoisotopic (exact) mass is 406 g/mol. The molecule has 0 radical (unpaired) electrons. The van der Waals surface area contributed by atoms with Crippen molar-refractivity contribution in [2.45, 2.75) is 17.8 Å². The molecule has 9 nitrogen and oxygen atoms in total. The Morgan fingerprint density at radius 1 is 1.21 bits per heavy atom. The summed E-state index contributed by atoms with van der Waals surface area (Å²) in [6.45, 7) is -0.463. The first-order chi connectivity index (χ1) is 13.4. The van der Waals surface area contributed by atoms with Crippen molar-refractivity contribution in [3.05, 3.63) is 58.9 Å². The van der Waals surface area contributed by atoms with Gasteiger partial charge in [-0.1, -0.05) is 23.7 Å². The molecular formula is C18H19ClN4O5. The van der Waals surface area contributed by atoms with E-state index in [1.807, 2.05) is 0 Å². The lowest BCUT2D eigenvalue weighted by Crippen LogP contribution is -2.53. The number of hydrogen-bond donors (Lipinski definition) is 4. The van der Waals surface area contributed by atoms with Gasteiger partial charge in [-0.25, -0.2) is 0 Å². The highest BCUT2D eigenvalue weighted by Crippen LogP contribution is 2.24. The molecule has 1 saturated heterocycles. The van der Waals surface area contributed by atoms with Gasteiger partial charge in [0.15, 0.2) is 0 Å². The van der Waals surface area contributed by atoms with Gasteiger partial charge in [0, 0.05) is 6.54 Å². The van der Waals surface area contributed by atoms with Gasteiger partial charge in [0.1, 0.15) is 17.8 Å². The summed E-state index contributed by atoms with van der Waals surface area (Å²) in [4.78, 5) is 24.3. The van der Waals surface area contributed by atoms with E-state index in [2.05, 4.69) is 20.8 Å². The van der Waals surface area contributed by atoms with E-state index < -0.39 is 29.6 Å². The normalized spacial score (nSPS) is 24.0. The van der Waals surface area contributed by atoms with Crippen LogP contribution in [0.5, 0.6) is 0 Å². The first-order valence-corrected chi connectivity index (χ1v) is 8.88. The van der Waals surface area contributed by atoms with Crippen LogP contribution in [0, 0.1) is 0 Å². The van der Waals surface area contributed by atoms with Crippen molar-refractivity contribution >= 4 is 23.4 Å². The number of halogens is 1. The van der Waals surface area contributed by atoms with Crippen LogP contribution >= 0.6 is 11.6 Å². The molecule has 148 valence electrons. The fourth-order valence-corrected chi connectivity index (χ4v) is 3.02. The van der Waals surface area contributed by atoms with Gasteiger partial charge in [-0.2, -0.15) is 10.2 Å². The molecule has 28 heavy (non-hydrogen) atoms. The lowest BCUT2D eigenvalue weighted by molar-refractivity contribution is -0.0464. The van der Waals surface area contributed by atoms with E-state index in [-0.39, 0.29) is 25.3 Å². The number of aromatic nitrogens is 2. The van der Waals surface area contributed by atoms with Crippen LogP contribution < -0.4 is 10.6 Å². The van der Waals surface area contributed by atoms with Gasteiger partial charge in [0.25, 0.3) is 11.8 Å². The van der Waals surface area contributed by atoms with Crippen molar-refractivity contribution in [2.24, 2.45) is 0 Å². The molecule has 10 heteroatoms. The number of nitrogens with one attached hydrogen (secondary N) is 2. The minimum Gasteiger partial charge on any atom is -0.387 e. The van der Waals surface area contributed by atoms with Crippen molar-refractivity contribution in [2.75, 3.05) is 19.7 Å². The van der Waals surface area contributed by atoms with E-state index in [0.29, 0.717) is 10.6 Å². The molecule has 1 aliphatic heterocycles. The van der Waals surface area contributed by atoms with Crippen molar-refractivity contribution in [1.82, 2.24) is 20.8 Å². The maximum absolute atomic E-state index is 12.2. The van der Waals surface area contributed by atoms with Crippen LogP contribution in [0.1, 0.15) is 20.7 Å². The lowest BCUT2D eigenvalue weighted by atomic mass is 9.96. The molecule has 0 unspecified atom stereocenters. The van der Waals surface area contributed by atoms with Gasteiger partial charge < -0.3 is 25.6 Å². The van der Waals surface area contributed by atoms with Gasteiger partial charge in [0.2, 0.25) is 0 Å². The van der Waals surface area contributed by atoms with Crippen LogP contribution in [0.15, 0.2) is 42.7 Å². The molecule has 2 amide bonds. The number of hydrogen-bond acceptors (Lipinski definition) is 7. The largest absolute Gasteiger partial charge is 0.387 e. The van der Waals surface area contributed by atoms with Gasteiger partial charge in [0.05, 0.1) is 41.7 Å². The topological polar surface area (TPSA) is 134 Å². The summed E-state index contributed by atoms with van der Waals surface area (Å²) in [6, 6.07) is 8.03. The zero-order valence-electron chi connectivity index (χ0n) is 14.7. The predicted molar refractivity (Wildman–Crippen MR) is 98.8 cm³/mol. The predicted octanol–water partition coefficient (Wildman–Crippen LogP) is -0.219. The van der Waals surface area contributed by atoms with Crippen LogP contribution in [0.4, 0.5) is 0 Å². The van der Waals surface area contributed by atoms with Crippen LogP contribution in [-0.2, 0) is 4.74 Å². The number of carbonyl (C=O) groups is 2. The molecule has 0 saturated carbocycles. The van der Waals surface area contributed by atoms with E-state index in [9.17, 15) is 19.8 Å². The van der Waals surface area contributed by atoms with Crippen LogP contribution in [0.25, 0.3) is 0 Å². The molecule has 4 N–H and O–H groups in total. The van der Waals surface area contributed by atoms with Crippen molar-refractivity contribution in [1.29, 1.82) is 0 Å². The van der Waals surface area contributed by atoms with Crippen molar-refractivity contribution in [3.8, 4) is 0 Å². The second kappa shape index (κ2) is 8.61. The first-order valence-electron chi connectivity index (χ1n) is 8.50. The smallest absolute Gasteiger partial charge is 0.253 e. The van der Waals surface area contributed by atoms with E-state index in [1.54, 1.807) is 24.3 Å². The summed E-state index contributed by atoms with van der Waals surface area (Å²) < 4.78 is 5.41. The summed E-state index contributed by atoms with van der Waals surface area (Å²) in [7, 11) is 0. The van der Waals surface area contributed by atoms with E-state index >= 15 is 0 Å². The Bertz CT molecular complexity index is 853. The Hall–Kier alpha value is -2.59. The van der Waals surface area contributed by atoms with Crippen molar-refractivity contribution < 1.29 is 24.5 Å². The van der Waals surface area contributed by atoms with E-state index in [4.69, 9.17) is 16.3 Å². The quantitative estimate of drug-likeness (QED) is 0.521. The molecule has 1 aromatic carbocycles. The number of carbonyl (C=O) groups excluding carboxylic acids is 2. The van der Waals surface area contributed by atoms with E-state index in [0.717, 1.165) is 0 Å². The minimum atomic E-state index is -1.68. The summed E-state index contributed by atoms with van der Waals surface area (Å²) in [5.74, 6) is -0.888. The average Bonchev–Trinajstić information content (AvgIpc) is 3.00. The zero-order chi connectivity index (χ0) is 20.1. The number of ether oxygens (including phenoxy) is 1. The second-order valence-corrected chi connectivity index (χ2v) is 6.81. The van der Waals surface area contributed by atoms with Gasteiger partial charge >= 0.3 is 0 Å². The summed E-state index contributed by atoms with van der Waals surface area (Å²) in [5, 5.41) is 33.6. The number of amides is 2. The van der Waals surface area contributed by atoms with Crippen molar-refractivity contribution in [3.63, 3.8) is 0 Å². The lowest BCUT2D eigenvalue weighted by Gasteiger charge is -2.26. The highest BCUT2D eigenvalue weighted by Gasteiger charge is 2.48. The maximum Gasteiger partial charge on any atom is 0.253 e. The molecular weight excluding hydrogens is 388 g/mol. The Kier molecular flexibility index (Phi) is 6.20.